The maximum Gasteiger partial charge on any atom is 0.274 e. The standard InChI is InChI=1S/C15H24N2O2/c1-11(2)16-12-7-6-10-17(15(12)18)13-8-4-5-9-14(13)19-3/h6-7,10-11,13-14,16H,4-5,8-9H2,1-3H3/t13-,14+/m1/s1. The summed E-state index contributed by atoms with van der Waals surface area (Å²) >= 11 is 0. The Morgan fingerprint density at radius 3 is 2.79 bits per heavy atom. The van der Waals surface area contributed by atoms with Gasteiger partial charge in [0.05, 0.1) is 12.1 Å². The number of hydrogen-bond acceptors (Lipinski definition) is 3. The fourth-order valence-corrected chi connectivity index (χ4v) is 2.86. The van der Waals surface area contributed by atoms with E-state index in [1.165, 1.54) is 12.8 Å². The van der Waals surface area contributed by atoms with Gasteiger partial charge in [0.25, 0.3) is 5.56 Å². The first-order chi connectivity index (χ1) is 9.13. The number of ether oxygens (including phenoxy) is 1. The predicted molar refractivity (Wildman–Crippen MR) is 77.8 cm³/mol. The summed E-state index contributed by atoms with van der Waals surface area (Å²) in [5, 5.41) is 3.21. The van der Waals surface area contributed by atoms with Crippen LogP contribution in [0.4, 0.5) is 5.69 Å². The SMILES string of the molecule is CO[C@H]1CCCC[C@H]1n1cccc(NC(C)C)c1=O. The van der Waals surface area contributed by atoms with Gasteiger partial charge < -0.3 is 14.6 Å². The summed E-state index contributed by atoms with van der Waals surface area (Å²) in [6, 6.07) is 4.21. The van der Waals surface area contributed by atoms with E-state index in [9.17, 15) is 4.79 Å². The van der Waals surface area contributed by atoms with Crippen LogP contribution >= 0.6 is 0 Å². The van der Waals surface area contributed by atoms with Crippen LogP contribution in [0, 0.1) is 0 Å². The summed E-state index contributed by atoms with van der Waals surface area (Å²) in [4.78, 5) is 12.5. The van der Waals surface area contributed by atoms with E-state index in [4.69, 9.17) is 4.74 Å². The Hall–Kier alpha value is -1.29. The van der Waals surface area contributed by atoms with Gasteiger partial charge in [-0.25, -0.2) is 0 Å². The quantitative estimate of drug-likeness (QED) is 0.909. The Labute approximate surface area is 114 Å². The average Bonchev–Trinajstić information content (AvgIpc) is 2.41. The topological polar surface area (TPSA) is 43.3 Å². The summed E-state index contributed by atoms with van der Waals surface area (Å²) < 4.78 is 7.40. The van der Waals surface area contributed by atoms with Crippen LogP contribution in [0.15, 0.2) is 23.1 Å². The molecule has 4 nitrogen and oxygen atoms in total. The smallest absolute Gasteiger partial charge is 0.274 e. The molecule has 0 amide bonds. The maximum atomic E-state index is 12.5. The molecule has 19 heavy (non-hydrogen) atoms. The van der Waals surface area contributed by atoms with Crippen LogP contribution in [0.5, 0.6) is 0 Å². The van der Waals surface area contributed by atoms with Crippen molar-refractivity contribution in [2.45, 2.75) is 57.7 Å². The van der Waals surface area contributed by atoms with Crippen LogP contribution in [0.25, 0.3) is 0 Å². The molecule has 1 saturated carbocycles. The number of methoxy groups -OCH3 is 1. The summed E-state index contributed by atoms with van der Waals surface area (Å²) in [6.45, 7) is 4.07. The minimum absolute atomic E-state index is 0.0603. The number of rotatable bonds is 4. The lowest BCUT2D eigenvalue weighted by molar-refractivity contribution is 0.0278. The fourth-order valence-electron chi connectivity index (χ4n) is 2.86. The Balaban J connectivity index is 2.31. The minimum atomic E-state index is 0.0603. The van der Waals surface area contributed by atoms with Gasteiger partial charge in [-0.05, 0) is 38.8 Å². The zero-order valence-corrected chi connectivity index (χ0v) is 12.1. The summed E-state index contributed by atoms with van der Waals surface area (Å²) in [7, 11) is 1.74. The fraction of sp³-hybridized carbons (Fsp3) is 0.667. The molecule has 1 aromatic heterocycles. The molecule has 1 N–H and O–H groups in total. The van der Waals surface area contributed by atoms with Crippen molar-refractivity contribution in [1.29, 1.82) is 0 Å². The lowest BCUT2D eigenvalue weighted by Gasteiger charge is -2.32. The van der Waals surface area contributed by atoms with E-state index < -0.39 is 0 Å². The van der Waals surface area contributed by atoms with Gasteiger partial charge in [0, 0.05) is 19.3 Å². The molecule has 0 aromatic carbocycles. The Kier molecular flexibility index (Phi) is 4.64. The van der Waals surface area contributed by atoms with Crippen molar-refractivity contribution in [2.24, 2.45) is 0 Å². The average molecular weight is 264 g/mol. The van der Waals surface area contributed by atoms with Gasteiger partial charge in [0.2, 0.25) is 0 Å². The highest BCUT2D eigenvalue weighted by Gasteiger charge is 2.27. The van der Waals surface area contributed by atoms with Crippen molar-refractivity contribution >= 4 is 5.69 Å². The first kappa shape index (κ1) is 14.1. The van der Waals surface area contributed by atoms with Gasteiger partial charge in [0.1, 0.15) is 5.69 Å². The molecule has 0 saturated heterocycles. The molecule has 1 aromatic rings. The van der Waals surface area contributed by atoms with E-state index in [1.54, 1.807) is 7.11 Å². The van der Waals surface area contributed by atoms with Crippen molar-refractivity contribution in [3.05, 3.63) is 28.7 Å². The molecule has 0 spiro atoms. The van der Waals surface area contributed by atoms with Crippen molar-refractivity contribution in [3.8, 4) is 0 Å². The predicted octanol–water partition coefficient (Wildman–Crippen LogP) is 2.80. The Bertz CT molecular complexity index is 467. The van der Waals surface area contributed by atoms with E-state index in [0.29, 0.717) is 5.69 Å². The molecule has 2 rings (SSSR count). The Morgan fingerprint density at radius 2 is 2.11 bits per heavy atom. The molecule has 106 valence electrons. The molecular weight excluding hydrogens is 240 g/mol. The molecular formula is C15H24N2O2. The second-order valence-electron chi connectivity index (χ2n) is 5.56. The molecule has 0 radical (unpaired) electrons. The molecule has 0 unspecified atom stereocenters. The molecule has 1 aliphatic rings. The number of anilines is 1. The molecule has 2 atom stereocenters. The highest BCUT2D eigenvalue weighted by Crippen LogP contribution is 2.29. The number of aromatic nitrogens is 1. The van der Waals surface area contributed by atoms with Crippen LogP contribution in [0.3, 0.4) is 0 Å². The van der Waals surface area contributed by atoms with E-state index >= 15 is 0 Å². The van der Waals surface area contributed by atoms with E-state index in [1.807, 2.05) is 36.7 Å². The third-order valence-corrected chi connectivity index (χ3v) is 3.75. The molecule has 0 aliphatic heterocycles. The van der Waals surface area contributed by atoms with Crippen molar-refractivity contribution < 1.29 is 4.74 Å². The summed E-state index contributed by atoms with van der Waals surface area (Å²) in [5.41, 5.74) is 0.739. The normalized spacial score (nSPS) is 23.6. The van der Waals surface area contributed by atoms with Gasteiger partial charge in [-0.3, -0.25) is 4.79 Å². The Morgan fingerprint density at radius 1 is 1.37 bits per heavy atom. The monoisotopic (exact) mass is 264 g/mol. The summed E-state index contributed by atoms with van der Waals surface area (Å²) in [6.07, 6.45) is 6.45. The lowest BCUT2D eigenvalue weighted by Crippen LogP contribution is -2.36. The van der Waals surface area contributed by atoms with Gasteiger partial charge in [-0.15, -0.1) is 0 Å². The lowest BCUT2D eigenvalue weighted by atomic mass is 9.92. The highest BCUT2D eigenvalue weighted by molar-refractivity contribution is 5.41. The van der Waals surface area contributed by atoms with Gasteiger partial charge in [-0.1, -0.05) is 12.8 Å². The second kappa shape index (κ2) is 6.24. The third kappa shape index (κ3) is 3.18. The van der Waals surface area contributed by atoms with Crippen molar-refractivity contribution in [3.63, 3.8) is 0 Å². The first-order valence-electron chi connectivity index (χ1n) is 7.14. The maximum absolute atomic E-state index is 12.5. The minimum Gasteiger partial charge on any atom is -0.379 e. The van der Waals surface area contributed by atoms with Crippen molar-refractivity contribution in [1.82, 2.24) is 4.57 Å². The van der Waals surface area contributed by atoms with Crippen LogP contribution in [0.1, 0.15) is 45.6 Å². The highest BCUT2D eigenvalue weighted by atomic mass is 16.5. The molecule has 0 bridgehead atoms. The van der Waals surface area contributed by atoms with E-state index in [-0.39, 0.29) is 23.7 Å². The zero-order valence-electron chi connectivity index (χ0n) is 12.1. The van der Waals surface area contributed by atoms with Crippen LogP contribution in [-0.2, 0) is 4.74 Å². The summed E-state index contributed by atoms with van der Waals surface area (Å²) in [5.74, 6) is 0. The third-order valence-electron chi connectivity index (χ3n) is 3.75. The van der Waals surface area contributed by atoms with E-state index in [2.05, 4.69) is 5.32 Å². The zero-order chi connectivity index (χ0) is 13.8. The van der Waals surface area contributed by atoms with Crippen molar-refractivity contribution in [2.75, 3.05) is 12.4 Å². The van der Waals surface area contributed by atoms with Gasteiger partial charge in [-0.2, -0.15) is 0 Å². The largest absolute Gasteiger partial charge is 0.379 e. The van der Waals surface area contributed by atoms with Gasteiger partial charge >= 0.3 is 0 Å². The van der Waals surface area contributed by atoms with Crippen LogP contribution in [0.2, 0.25) is 0 Å². The molecule has 4 heteroatoms. The van der Waals surface area contributed by atoms with E-state index in [0.717, 1.165) is 12.8 Å². The van der Waals surface area contributed by atoms with Crippen LogP contribution < -0.4 is 10.9 Å². The second-order valence-corrected chi connectivity index (χ2v) is 5.56. The molecule has 1 heterocycles. The molecule has 1 aliphatic carbocycles. The number of nitrogens with one attached hydrogen (secondary N) is 1. The van der Waals surface area contributed by atoms with Crippen LogP contribution in [-0.4, -0.2) is 23.8 Å². The molecule has 1 fully saturated rings. The number of nitrogens with zero attached hydrogens (tertiary/aromatic N) is 1. The van der Waals surface area contributed by atoms with Gasteiger partial charge in [0.15, 0.2) is 0 Å². The number of hydrogen-bond donors (Lipinski definition) is 1. The number of pyridine rings is 1. The first-order valence-corrected chi connectivity index (χ1v) is 7.14.